The topological polar surface area (TPSA) is 41.1 Å². The number of benzene rings is 1. The van der Waals surface area contributed by atoms with Crippen molar-refractivity contribution in [3.05, 3.63) is 34.3 Å². The summed E-state index contributed by atoms with van der Waals surface area (Å²) in [4.78, 5) is 12.2. The van der Waals surface area contributed by atoms with Crippen LogP contribution < -0.4 is 10.6 Å². The summed E-state index contributed by atoms with van der Waals surface area (Å²) >= 11 is 3.46. The molecule has 0 unspecified atom stereocenters. The normalized spacial score (nSPS) is 34.4. The molecule has 4 fully saturated rings. The van der Waals surface area contributed by atoms with Crippen LogP contribution in [0, 0.1) is 23.2 Å². The van der Waals surface area contributed by atoms with Crippen LogP contribution in [-0.4, -0.2) is 12.6 Å². The Hall–Kier alpha value is -1.03. The largest absolute Gasteiger partial charge is 0.338 e. The van der Waals surface area contributed by atoms with Gasteiger partial charge in [0.1, 0.15) is 0 Å². The van der Waals surface area contributed by atoms with Crippen molar-refractivity contribution in [3.63, 3.8) is 0 Å². The quantitative estimate of drug-likeness (QED) is 0.799. The number of hydrogen-bond acceptors (Lipinski definition) is 1. The lowest BCUT2D eigenvalue weighted by atomic mass is 9.49. The number of carbonyl (C=O) groups is 1. The monoisotopic (exact) mass is 376 g/mol. The predicted octanol–water partition coefficient (Wildman–Crippen LogP) is 4.46. The first-order valence-electron chi connectivity index (χ1n) is 8.86. The average Bonchev–Trinajstić information content (AvgIpc) is 2.50. The van der Waals surface area contributed by atoms with Gasteiger partial charge in [-0.3, -0.25) is 0 Å². The van der Waals surface area contributed by atoms with Gasteiger partial charge in [-0.1, -0.05) is 28.1 Å². The molecule has 4 saturated carbocycles. The fourth-order valence-corrected chi connectivity index (χ4v) is 6.11. The van der Waals surface area contributed by atoms with E-state index in [0.29, 0.717) is 12.0 Å². The lowest BCUT2D eigenvalue weighted by molar-refractivity contribution is -0.0498. The zero-order valence-corrected chi connectivity index (χ0v) is 15.1. The summed E-state index contributed by atoms with van der Waals surface area (Å²) in [6.07, 6.45) is 8.37. The molecule has 3 nitrogen and oxygen atoms in total. The van der Waals surface area contributed by atoms with Crippen LogP contribution in [-0.2, 0) is 6.54 Å². The molecular formula is C19H25BrN2O. The summed E-state index contributed by atoms with van der Waals surface area (Å²) in [5.41, 5.74) is 1.52. The van der Waals surface area contributed by atoms with Crippen molar-refractivity contribution >= 4 is 22.0 Å². The van der Waals surface area contributed by atoms with Gasteiger partial charge >= 0.3 is 6.03 Å². The molecule has 0 spiro atoms. The number of nitrogens with one attached hydrogen (secondary N) is 2. The molecule has 4 aliphatic rings. The molecule has 2 amide bonds. The van der Waals surface area contributed by atoms with Gasteiger partial charge in [-0.2, -0.15) is 0 Å². The van der Waals surface area contributed by atoms with Crippen LogP contribution in [0.1, 0.15) is 44.1 Å². The Labute approximate surface area is 146 Å². The predicted molar refractivity (Wildman–Crippen MR) is 95.0 cm³/mol. The summed E-state index contributed by atoms with van der Waals surface area (Å²) in [7, 11) is 0. The van der Waals surface area contributed by atoms with Crippen molar-refractivity contribution in [2.24, 2.45) is 23.2 Å². The molecule has 0 heterocycles. The van der Waals surface area contributed by atoms with Crippen molar-refractivity contribution in [2.75, 3.05) is 6.54 Å². The van der Waals surface area contributed by atoms with E-state index in [-0.39, 0.29) is 6.03 Å². The van der Waals surface area contributed by atoms with Gasteiger partial charge in [0.15, 0.2) is 0 Å². The average molecular weight is 377 g/mol. The molecule has 4 aliphatic carbocycles. The zero-order chi connectivity index (χ0) is 15.9. The third-order valence-electron chi connectivity index (χ3n) is 6.13. The first kappa shape index (κ1) is 15.5. The first-order chi connectivity index (χ1) is 11.1. The van der Waals surface area contributed by atoms with E-state index >= 15 is 0 Å². The van der Waals surface area contributed by atoms with E-state index in [1.54, 1.807) is 0 Å². The second-order valence-electron chi connectivity index (χ2n) is 8.08. The molecule has 4 heteroatoms. The summed E-state index contributed by atoms with van der Waals surface area (Å²) < 4.78 is 1.05. The Bertz CT molecular complexity index is 566. The Morgan fingerprint density at radius 1 is 1.09 bits per heavy atom. The Morgan fingerprint density at radius 3 is 2.35 bits per heavy atom. The van der Waals surface area contributed by atoms with Gasteiger partial charge in [-0.25, -0.2) is 4.79 Å². The van der Waals surface area contributed by atoms with E-state index in [4.69, 9.17) is 0 Å². The maximum absolute atomic E-state index is 12.2. The van der Waals surface area contributed by atoms with Crippen molar-refractivity contribution < 1.29 is 4.79 Å². The minimum absolute atomic E-state index is 0.0271. The highest BCUT2D eigenvalue weighted by Crippen LogP contribution is 2.59. The molecule has 5 rings (SSSR count). The Kier molecular flexibility index (Phi) is 4.12. The number of hydrogen-bond donors (Lipinski definition) is 2. The van der Waals surface area contributed by atoms with Crippen LogP contribution >= 0.6 is 15.9 Å². The highest BCUT2D eigenvalue weighted by Gasteiger charge is 2.50. The first-order valence-corrected chi connectivity index (χ1v) is 9.66. The smallest absolute Gasteiger partial charge is 0.315 e. The minimum atomic E-state index is -0.0271. The molecule has 2 N–H and O–H groups in total. The van der Waals surface area contributed by atoms with E-state index in [0.717, 1.165) is 34.3 Å². The van der Waals surface area contributed by atoms with Crippen LogP contribution in [0.15, 0.2) is 28.7 Å². The number of urea groups is 1. The summed E-state index contributed by atoms with van der Waals surface area (Å²) in [6.45, 7) is 1.44. The van der Waals surface area contributed by atoms with E-state index in [9.17, 15) is 4.79 Å². The van der Waals surface area contributed by atoms with Gasteiger partial charge in [0.05, 0.1) is 0 Å². The minimum Gasteiger partial charge on any atom is -0.338 e. The number of carbonyl (C=O) groups excluding carboxylic acids is 1. The van der Waals surface area contributed by atoms with Crippen molar-refractivity contribution in [2.45, 2.75) is 45.1 Å². The molecule has 0 saturated heterocycles. The van der Waals surface area contributed by atoms with E-state index in [1.807, 2.05) is 24.3 Å². The highest BCUT2D eigenvalue weighted by molar-refractivity contribution is 9.10. The van der Waals surface area contributed by atoms with Crippen molar-refractivity contribution in [1.29, 1.82) is 0 Å². The second-order valence-corrected chi connectivity index (χ2v) is 9.00. The summed E-state index contributed by atoms with van der Waals surface area (Å²) in [6, 6.07) is 8.04. The zero-order valence-electron chi connectivity index (χ0n) is 13.5. The Balaban J connectivity index is 1.28. The number of rotatable bonds is 4. The SMILES string of the molecule is O=C(NCc1cccc(Br)c1)NCC12CC3CC(CC(C3)C1)C2. The maximum Gasteiger partial charge on any atom is 0.315 e. The molecule has 1 aromatic rings. The number of amides is 2. The maximum atomic E-state index is 12.2. The molecular weight excluding hydrogens is 352 g/mol. The molecule has 0 aliphatic heterocycles. The molecule has 1 aromatic carbocycles. The third-order valence-corrected chi connectivity index (χ3v) is 6.62. The standard InChI is InChI=1S/C19H25BrN2O/c20-17-3-1-2-13(7-17)11-21-18(23)22-12-19-8-14-4-15(9-19)6-16(5-14)10-19/h1-3,7,14-16H,4-6,8-12H2,(H2,21,22,23). The van der Waals surface area contributed by atoms with Gasteiger partial charge in [-0.15, -0.1) is 0 Å². The van der Waals surface area contributed by atoms with Gasteiger partial charge in [0, 0.05) is 17.6 Å². The Morgan fingerprint density at radius 2 is 1.74 bits per heavy atom. The van der Waals surface area contributed by atoms with Crippen LogP contribution in [0.2, 0.25) is 0 Å². The van der Waals surface area contributed by atoms with Gasteiger partial charge in [0.2, 0.25) is 0 Å². The van der Waals surface area contributed by atoms with Crippen LogP contribution in [0.4, 0.5) is 4.79 Å². The lowest BCUT2D eigenvalue weighted by Gasteiger charge is -2.56. The van der Waals surface area contributed by atoms with Crippen LogP contribution in [0.3, 0.4) is 0 Å². The van der Waals surface area contributed by atoms with Gasteiger partial charge < -0.3 is 10.6 Å². The molecule has 4 bridgehead atoms. The summed E-state index contributed by atoms with van der Waals surface area (Å²) in [5.74, 6) is 2.81. The van der Waals surface area contributed by atoms with Gasteiger partial charge in [0.25, 0.3) is 0 Å². The van der Waals surface area contributed by atoms with Crippen molar-refractivity contribution in [3.8, 4) is 0 Å². The number of halogens is 1. The molecule has 0 aromatic heterocycles. The molecule has 0 atom stereocenters. The lowest BCUT2D eigenvalue weighted by Crippen LogP contribution is -2.52. The van der Waals surface area contributed by atoms with Gasteiger partial charge in [-0.05, 0) is 79.4 Å². The van der Waals surface area contributed by atoms with Crippen LogP contribution in [0.5, 0.6) is 0 Å². The van der Waals surface area contributed by atoms with E-state index in [1.165, 1.54) is 38.5 Å². The molecule has 0 radical (unpaired) electrons. The second kappa shape index (κ2) is 6.12. The highest BCUT2D eigenvalue weighted by atomic mass is 79.9. The van der Waals surface area contributed by atoms with E-state index < -0.39 is 0 Å². The van der Waals surface area contributed by atoms with Crippen LogP contribution in [0.25, 0.3) is 0 Å². The fraction of sp³-hybridized carbons (Fsp3) is 0.632. The van der Waals surface area contributed by atoms with E-state index in [2.05, 4.69) is 26.6 Å². The third kappa shape index (κ3) is 3.42. The summed E-state index contributed by atoms with van der Waals surface area (Å²) in [5, 5.41) is 6.15. The van der Waals surface area contributed by atoms with Crippen molar-refractivity contribution in [1.82, 2.24) is 10.6 Å². The molecule has 23 heavy (non-hydrogen) atoms. The molecule has 124 valence electrons. The fourth-order valence-electron chi connectivity index (χ4n) is 5.67.